The van der Waals surface area contributed by atoms with Crippen molar-refractivity contribution in [2.75, 3.05) is 0 Å². The first-order valence-electron chi connectivity index (χ1n) is 17.2. The van der Waals surface area contributed by atoms with Gasteiger partial charge in [0.15, 0.2) is 0 Å². The van der Waals surface area contributed by atoms with Crippen molar-refractivity contribution in [2.24, 2.45) is 0 Å². The van der Waals surface area contributed by atoms with Crippen molar-refractivity contribution < 1.29 is 0 Å². The second-order valence-corrected chi connectivity index (χ2v) is 14.3. The molecule has 1 nitrogen and oxygen atoms in total. The molecule has 0 N–H and O–H groups in total. The molecular weight excluding hydrogens is 623 g/mol. The van der Waals surface area contributed by atoms with Crippen molar-refractivity contribution in [3.05, 3.63) is 176 Å². The van der Waals surface area contributed by atoms with Crippen LogP contribution >= 0.6 is 11.8 Å². The van der Waals surface area contributed by atoms with E-state index >= 15 is 0 Å². The lowest BCUT2D eigenvalue weighted by molar-refractivity contribution is 1.18. The van der Waals surface area contributed by atoms with Gasteiger partial charge < -0.3 is 4.57 Å². The second kappa shape index (κ2) is 10.7. The molecule has 0 unspecified atom stereocenters. The summed E-state index contributed by atoms with van der Waals surface area (Å²) in [6.07, 6.45) is 0. The smallest absolute Gasteiger partial charge is 0.0547 e. The second-order valence-electron chi connectivity index (χ2n) is 13.3. The summed E-state index contributed by atoms with van der Waals surface area (Å²) < 4.78 is 2.44. The van der Waals surface area contributed by atoms with Crippen molar-refractivity contribution in [3.63, 3.8) is 0 Å². The number of benzene rings is 9. The largest absolute Gasteiger partial charge is 0.309 e. The van der Waals surface area contributed by atoms with E-state index < -0.39 is 0 Å². The summed E-state index contributed by atoms with van der Waals surface area (Å²) in [6, 6.07) is 64.9. The molecule has 10 aromatic rings. The van der Waals surface area contributed by atoms with Crippen LogP contribution < -0.4 is 0 Å². The van der Waals surface area contributed by atoms with Crippen LogP contribution in [0.25, 0.3) is 93.2 Å². The molecule has 9 aromatic carbocycles. The normalized spacial score (nSPS) is 12.3. The Morgan fingerprint density at radius 1 is 0.320 bits per heavy atom. The van der Waals surface area contributed by atoms with Gasteiger partial charge in [-0.05, 0) is 96.7 Å². The summed E-state index contributed by atoms with van der Waals surface area (Å²) in [6.45, 7) is 0. The quantitative estimate of drug-likeness (QED) is 0.184. The lowest BCUT2D eigenvalue weighted by Gasteiger charge is -2.21. The van der Waals surface area contributed by atoms with Crippen LogP contribution in [0.1, 0.15) is 0 Å². The molecule has 0 amide bonds. The zero-order chi connectivity index (χ0) is 32.8. The Labute approximate surface area is 294 Å². The number of hydrogen-bond acceptors (Lipinski definition) is 1. The molecule has 232 valence electrons. The first kappa shape index (κ1) is 27.8. The summed E-state index contributed by atoms with van der Waals surface area (Å²) >= 11 is 1.88. The average Bonchev–Trinajstić information content (AvgIpc) is 3.54. The van der Waals surface area contributed by atoms with Crippen LogP contribution in [0, 0.1) is 0 Å². The molecule has 0 fully saturated rings. The van der Waals surface area contributed by atoms with E-state index in [9.17, 15) is 0 Å². The standard InChI is InChI=1S/C48H29NS/c1-3-10-37-32(8-1)22-27-42-47(37)48-38-11-4-2-9-33(38)23-28-43(48)49(42)35-24-20-31(21-25-35)30-16-18-34(19-17-30)36-26-29-45-46-40(36)13-7-14-41(46)39-12-5-6-15-44(39)50-45/h1-29H. The molecule has 0 aliphatic carbocycles. The third-order valence-corrected chi connectivity index (χ3v) is 11.7. The number of rotatable bonds is 3. The van der Waals surface area contributed by atoms with Crippen LogP contribution in [0.3, 0.4) is 0 Å². The van der Waals surface area contributed by atoms with Gasteiger partial charge in [-0.3, -0.25) is 0 Å². The average molecular weight is 652 g/mol. The van der Waals surface area contributed by atoms with Gasteiger partial charge in [-0.2, -0.15) is 0 Å². The van der Waals surface area contributed by atoms with Gasteiger partial charge in [-0.15, -0.1) is 0 Å². The summed E-state index contributed by atoms with van der Waals surface area (Å²) in [4.78, 5) is 2.66. The molecule has 0 spiro atoms. The van der Waals surface area contributed by atoms with Crippen LogP contribution in [0.5, 0.6) is 0 Å². The van der Waals surface area contributed by atoms with Gasteiger partial charge in [-0.1, -0.05) is 151 Å². The fraction of sp³-hybridized carbons (Fsp3) is 0. The van der Waals surface area contributed by atoms with Crippen molar-refractivity contribution in [2.45, 2.75) is 9.79 Å². The van der Waals surface area contributed by atoms with Gasteiger partial charge in [0, 0.05) is 31.6 Å². The lowest BCUT2D eigenvalue weighted by Crippen LogP contribution is -1.94. The highest BCUT2D eigenvalue weighted by molar-refractivity contribution is 7.99. The summed E-state index contributed by atoms with van der Waals surface area (Å²) in [5.74, 6) is 0. The maximum atomic E-state index is 2.44. The molecule has 1 aliphatic rings. The minimum Gasteiger partial charge on any atom is -0.309 e. The number of hydrogen-bond donors (Lipinski definition) is 0. The van der Waals surface area contributed by atoms with Gasteiger partial charge >= 0.3 is 0 Å². The molecule has 50 heavy (non-hydrogen) atoms. The Balaban J connectivity index is 1.00. The molecular formula is C48H29NS. The summed E-state index contributed by atoms with van der Waals surface area (Å²) in [5, 5.41) is 10.4. The maximum absolute atomic E-state index is 2.44. The Kier molecular flexibility index (Phi) is 5.96. The molecule has 0 bridgehead atoms. The van der Waals surface area contributed by atoms with E-state index in [1.54, 1.807) is 0 Å². The monoisotopic (exact) mass is 651 g/mol. The highest BCUT2D eigenvalue weighted by atomic mass is 32.2. The predicted octanol–water partition coefficient (Wildman–Crippen LogP) is 13.7. The van der Waals surface area contributed by atoms with E-state index in [1.807, 2.05) is 11.8 Å². The topological polar surface area (TPSA) is 4.93 Å². The van der Waals surface area contributed by atoms with E-state index in [2.05, 4.69) is 180 Å². The summed E-state index contributed by atoms with van der Waals surface area (Å²) in [7, 11) is 0. The highest BCUT2D eigenvalue weighted by Crippen LogP contribution is 2.49. The van der Waals surface area contributed by atoms with E-state index in [0.717, 1.165) is 0 Å². The zero-order valence-electron chi connectivity index (χ0n) is 27.1. The predicted molar refractivity (Wildman–Crippen MR) is 214 cm³/mol. The lowest BCUT2D eigenvalue weighted by atomic mass is 9.92. The van der Waals surface area contributed by atoms with Crippen LogP contribution in [0.4, 0.5) is 0 Å². The molecule has 2 heterocycles. The SMILES string of the molecule is c1ccc2c(c1)Sc1ccc(-c3ccc(-c4ccc(-n5c6ccc7ccccc7c6c6c7ccccc7ccc65)cc4)cc3)c3cccc-2c13. The van der Waals surface area contributed by atoms with Crippen LogP contribution in [-0.2, 0) is 0 Å². The van der Waals surface area contributed by atoms with Gasteiger partial charge in [-0.25, -0.2) is 0 Å². The molecule has 11 rings (SSSR count). The minimum atomic E-state index is 1.17. The fourth-order valence-electron chi connectivity index (χ4n) is 8.30. The molecule has 1 aromatic heterocycles. The Bertz CT molecular complexity index is 2890. The molecule has 0 radical (unpaired) electrons. The Hall–Kier alpha value is -6.09. The number of fused-ring (bicyclic) bond motifs is 9. The molecule has 1 aliphatic heterocycles. The number of nitrogens with zero attached hydrogens (tertiary/aromatic N) is 1. The highest BCUT2D eigenvalue weighted by Gasteiger charge is 2.21. The van der Waals surface area contributed by atoms with Gasteiger partial charge in [0.2, 0.25) is 0 Å². The van der Waals surface area contributed by atoms with Crippen molar-refractivity contribution >= 4 is 65.9 Å². The molecule has 0 saturated heterocycles. The van der Waals surface area contributed by atoms with Gasteiger partial charge in [0.25, 0.3) is 0 Å². The first-order chi connectivity index (χ1) is 24.8. The molecule has 2 heteroatoms. The fourth-order valence-corrected chi connectivity index (χ4v) is 9.43. The van der Waals surface area contributed by atoms with E-state index in [4.69, 9.17) is 0 Å². The van der Waals surface area contributed by atoms with Crippen molar-refractivity contribution in [1.82, 2.24) is 4.57 Å². The van der Waals surface area contributed by atoms with E-state index in [-0.39, 0.29) is 0 Å². The minimum absolute atomic E-state index is 1.17. The van der Waals surface area contributed by atoms with Crippen LogP contribution in [-0.4, -0.2) is 4.57 Å². The van der Waals surface area contributed by atoms with Crippen molar-refractivity contribution in [3.8, 4) is 39.1 Å². The van der Waals surface area contributed by atoms with Gasteiger partial charge in [0.1, 0.15) is 0 Å². The van der Waals surface area contributed by atoms with Gasteiger partial charge in [0.05, 0.1) is 11.0 Å². The first-order valence-corrected chi connectivity index (χ1v) is 18.0. The van der Waals surface area contributed by atoms with Crippen LogP contribution in [0.2, 0.25) is 0 Å². The molecule has 0 atom stereocenters. The van der Waals surface area contributed by atoms with E-state index in [1.165, 1.54) is 103 Å². The summed E-state index contributed by atoms with van der Waals surface area (Å²) in [5.41, 5.74) is 11.2. The van der Waals surface area contributed by atoms with E-state index in [0.29, 0.717) is 0 Å². The maximum Gasteiger partial charge on any atom is 0.0547 e. The number of aromatic nitrogens is 1. The Morgan fingerprint density at radius 3 is 1.58 bits per heavy atom. The third-order valence-electron chi connectivity index (χ3n) is 10.6. The molecule has 0 saturated carbocycles. The Morgan fingerprint density at radius 2 is 0.880 bits per heavy atom. The third kappa shape index (κ3) is 4.03. The zero-order valence-corrected chi connectivity index (χ0v) is 27.9. The van der Waals surface area contributed by atoms with Crippen LogP contribution in [0.15, 0.2) is 186 Å². The van der Waals surface area contributed by atoms with Crippen molar-refractivity contribution in [1.29, 1.82) is 0 Å².